The summed E-state index contributed by atoms with van der Waals surface area (Å²) in [5, 5.41) is 1.74. The summed E-state index contributed by atoms with van der Waals surface area (Å²) in [5.41, 5.74) is 0.911. The van der Waals surface area contributed by atoms with Gasteiger partial charge in [0.2, 0.25) is 5.91 Å². The minimum atomic E-state index is -0.505. The van der Waals surface area contributed by atoms with E-state index in [2.05, 4.69) is 0 Å². The van der Waals surface area contributed by atoms with Crippen LogP contribution in [0.15, 0.2) is 18.2 Å². The van der Waals surface area contributed by atoms with Crippen LogP contribution in [0.5, 0.6) is 0 Å². The highest BCUT2D eigenvalue weighted by atomic mass is 35.5. The van der Waals surface area contributed by atoms with Crippen molar-refractivity contribution in [2.24, 2.45) is 0 Å². The summed E-state index contributed by atoms with van der Waals surface area (Å²) in [6, 6.07) is 5.73. The maximum Gasteiger partial charge on any atom is 0.312 e. The van der Waals surface area contributed by atoms with Crippen molar-refractivity contribution in [2.45, 2.75) is 31.6 Å². The number of likely N-dealkylation sites (tertiary alicyclic amines) is 2. The van der Waals surface area contributed by atoms with E-state index in [-0.39, 0.29) is 5.91 Å². The van der Waals surface area contributed by atoms with Crippen LogP contribution in [0.25, 0.3) is 10.2 Å². The average Bonchev–Trinajstić information content (AvgIpc) is 3.36. The maximum atomic E-state index is 12.6. The van der Waals surface area contributed by atoms with Crippen molar-refractivity contribution in [3.8, 4) is 0 Å². The predicted molar refractivity (Wildman–Crippen MR) is 117 cm³/mol. The topological polar surface area (TPSA) is 73.8 Å². The van der Waals surface area contributed by atoms with Crippen LogP contribution in [0.4, 0.5) is 0 Å². The third-order valence-electron chi connectivity index (χ3n) is 5.90. The monoisotopic (exact) mass is 448 g/mol. The molecule has 160 valence electrons. The SMILES string of the molecule is CN(CCN1CCCC1=O)C(=O)C(=O)N1CCC(c2nc3cc(Cl)ccc3s2)CC1. The first kappa shape index (κ1) is 21.1. The predicted octanol–water partition coefficient (Wildman–Crippen LogP) is 2.74. The summed E-state index contributed by atoms with van der Waals surface area (Å²) < 4.78 is 1.11. The Bertz CT molecular complexity index is 970. The number of likely N-dealkylation sites (N-methyl/N-ethyl adjacent to an activating group) is 1. The van der Waals surface area contributed by atoms with Crippen molar-refractivity contribution < 1.29 is 14.4 Å². The molecule has 0 atom stereocenters. The Labute approximate surface area is 184 Å². The van der Waals surface area contributed by atoms with Crippen molar-refractivity contribution in [1.82, 2.24) is 19.7 Å². The van der Waals surface area contributed by atoms with Crippen LogP contribution in [0.2, 0.25) is 5.02 Å². The molecule has 1 aromatic carbocycles. The third-order valence-corrected chi connectivity index (χ3v) is 7.34. The summed E-state index contributed by atoms with van der Waals surface area (Å²) >= 11 is 7.73. The Kier molecular flexibility index (Phi) is 6.24. The second-order valence-electron chi connectivity index (χ2n) is 7.94. The number of nitrogens with zero attached hydrogens (tertiary/aromatic N) is 4. The fourth-order valence-electron chi connectivity index (χ4n) is 4.03. The molecule has 2 aliphatic rings. The molecule has 0 bridgehead atoms. The fraction of sp³-hybridized carbons (Fsp3) is 0.524. The molecule has 30 heavy (non-hydrogen) atoms. The largest absolute Gasteiger partial charge is 0.341 e. The molecule has 0 spiro atoms. The van der Waals surface area contributed by atoms with E-state index in [0.717, 1.165) is 41.0 Å². The summed E-state index contributed by atoms with van der Waals surface area (Å²) in [4.78, 5) is 46.4. The number of halogens is 1. The second kappa shape index (κ2) is 8.89. The molecular weight excluding hydrogens is 424 g/mol. The number of carbonyl (C=O) groups is 3. The first-order chi connectivity index (χ1) is 14.4. The fourth-order valence-corrected chi connectivity index (χ4v) is 5.32. The number of rotatable bonds is 4. The molecule has 2 saturated heterocycles. The first-order valence-electron chi connectivity index (χ1n) is 10.3. The van der Waals surface area contributed by atoms with Gasteiger partial charge in [0.05, 0.1) is 15.2 Å². The summed E-state index contributed by atoms with van der Waals surface area (Å²) in [7, 11) is 1.62. The molecule has 7 nitrogen and oxygen atoms in total. The van der Waals surface area contributed by atoms with E-state index in [0.29, 0.717) is 43.5 Å². The Morgan fingerprint density at radius 1 is 1.27 bits per heavy atom. The average molecular weight is 449 g/mol. The third kappa shape index (κ3) is 4.44. The number of benzene rings is 1. The van der Waals surface area contributed by atoms with Crippen molar-refractivity contribution in [2.75, 3.05) is 39.8 Å². The maximum absolute atomic E-state index is 12.6. The van der Waals surface area contributed by atoms with E-state index < -0.39 is 11.8 Å². The molecule has 4 rings (SSSR count). The Morgan fingerprint density at radius 3 is 2.73 bits per heavy atom. The van der Waals surface area contributed by atoms with Crippen LogP contribution < -0.4 is 0 Å². The molecule has 2 aromatic rings. The summed E-state index contributed by atoms with van der Waals surface area (Å²) in [5.74, 6) is -0.546. The lowest BCUT2D eigenvalue weighted by molar-refractivity contribution is -0.151. The van der Waals surface area contributed by atoms with Gasteiger partial charge in [-0.05, 0) is 37.5 Å². The molecule has 3 heterocycles. The van der Waals surface area contributed by atoms with Crippen molar-refractivity contribution in [1.29, 1.82) is 0 Å². The first-order valence-corrected chi connectivity index (χ1v) is 11.5. The zero-order valence-corrected chi connectivity index (χ0v) is 18.5. The highest BCUT2D eigenvalue weighted by Gasteiger charge is 2.31. The van der Waals surface area contributed by atoms with Gasteiger partial charge in [-0.25, -0.2) is 4.98 Å². The number of carbonyl (C=O) groups excluding carboxylic acids is 3. The lowest BCUT2D eigenvalue weighted by Gasteiger charge is -2.32. The Hall–Kier alpha value is -2.19. The van der Waals surface area contributed by atoms with Crippen molar-refractivity contribution in [3.05, 3.63) is 28.2 Å². The van der Waals surface area contributed by atoms with Gasteiger partial charge in [0.25, 0.3) is 0 Å². The molecular formula is C21H25ClN4O3S. The van der Waals surface area contributed by atoms with E-state index in [9.17, 15) is 14.4 Å². The van der Waals surface area contributed by atoms with Crippen LogP contribution in [-0.2, 0) is 14.4 Å². The van der Waals surface area contributed by atoms with Gasteiger partial charge in [-0.3, -0.25) is 14.4 Å². The molecule has 0 saturated carbocycles. The number of hydrogen-bond acceptors (Lipinski definition) is 5. The molecule has 0 aliphatic carbocycles. The molecule has 0 N–H and O–H groups in total. The van der Waals surface area contributed by atoms with Crippen molar-refractivity contribution in [3.63, 3.8) is 0 Å². The molecule has 3 amide bonds. The van der Waals surface area contributed by atoms with E-state index in [4.69, 9.17) is 16.6 Å². The standard InChI is InChI=1S/C21H25ClN4O3S/c1-24(11-12-25-8-2-3-18(25)27)20(28)21(29)26-9-6-14(7-10-26)19-23-16-13-15(22)4-5-17(16)30-19/h4-5,13-14H,2-3,6-12H2,1H3. The molecule has 9 heteroatoms. The van der Waals surface area contributed by atoms with E-state index in [1.165, 1.54) is 4.90 Å². The Morgan fingerprint density at radius 2 is 2.03 bits per heavy atom. The van der Waals surface area contributed by atoms with Gasteiger partial charge in [-0.2, -0.15) is 0 Å². The number of piperidine rings is 1. The smallest absolute Gasteiger partial charge is 0.312 e. The van der Waals surface area contributed by atoms with Gasteiger partial charge in [0.1, 0.15) is 0 Å². The number of amides is 3. The minimum absolute atomic E-state index is 0.126. The van der Waals surface area contributed by atoms with Crippen LogP contribution in [-0.4, -0.2) is 77.2 Å². The van der Waals surface area contributed by atoms with Crippen molar-refractivity contribution >= 4 is 50.9 Å². The van der Waals surface area contributed by atoms with Crippen LogP contribution >= 0.6 is 22.9 Å². The number of fused-ring (bicyclic) bond motifs is 1. The zero-order valence-electron chi connectivity index (χ0n) is 17.0. The summed E-state index contributed by atoms with van der Waals surface area (Å²) in [6.07, 6.45) is 3.02. The van der Waals surface area contributed by atoms with E-state index in [1.807, 2.05) is 18.2 Å². The molecule has 0 radical (unpaired) electrons. The molecule has 1 aromatic heterocycles. The lowest BCUT2D eigenvalue weighted by atomic mass is 9.97. The van der Waals surface area contributed by atoms with E-state index >= 15 is 0 Å². The normalized spacial score (nSPS) is 17.7. The lowest BCUT2D eigenvalue weighted by Crippen LogP contribution is -2.48. The van der Waals surface area contributed by atoms with Gasteiger partial charge < -0.3 is 14.7 Å². The van der Waals surface area contributed by atoms with Gasteiger partial charge in [-0.15, -0.1) is 11.3 Å². The Balaban J connectivity index is 1.29. The minimum Gasteiger partial charge on any atom is -0.341 e. The zero-order chi connectivity index (χ0) is 21.3. The number of hydrogen-bond donors (Lipinski definition) is 0. The summed E-state index contributed by atoms with van der Waals surface area (Å²) in [6.45, 7) is 2.69. The van der Waals surface area contributed by atoms with Crippen LogP contribution in [0.3, 0.4) is 0 Å². The van der Waals surface area contributed by atoms with Gasteiger partial charge in [-0.1, -0.05) is 11.6 Å². The van der Waals surface area contributed by atoms with Crippen LogP contribution in [0.1, 0.15) is 36.6 Å². The molecule has 2 aliphatic heterocycles. The van der Waals surface area contributed by atoms with Gasteiger partial charge in [0.15, 0.2) is 0 Å². The number of thiazole rings is 1. The highest BCUT2D eigenvalue weighted by molar-refractivity contribution is 7.18. The molecule has 2 fully saturated rings. The van der Waals surface area contributed by atoms with E-state index in [1.54, 1.807) is 28.2 Å². The highest BCUT2D eigenvalue weighted by Crippen LogP contribution is 2.34. The number of aromatic nitrogens is 1. The molecule has 0 unspecified atom stereocenters. The van der Waals surface area contributed by atoms with Gasteiger partial charge in [0, 0.05) is 57.1 Å². The van der Waals surface area contributed by atoms with Gasteiger partial charge >= 0.3 is 11.8 Å². The van der Waals surface area contributed by atoms with Crippen LogP contribution in [0, 0.1) is 0 Å². The quantitative estimate of drug-likeness (QED) is 0.674. The second-order valence-corrected chi connectivity index (χ2v) is 9.44.